The second-order valence-electron chi connectivity index (χ2n) is 5.37. The van der Waals surface area contributed by atoms with Gasteiger partial charge in [-0.05, 0) is 35.9 Å². The number of carbonyl (C=O) groups excluding carboxylic acids is 1. The number of aromatic nitrogens is 2. The van der Waals surface area contributed by atoms with E-state index in [4.69, 9.17) is 23.2 Å². The molecule has 1 heterocycles. The topological polar surface area (TPSA) is 74.8 Å². The van der Waals surface area contributed by atoms with Crippen molar-refractivity contribution in [1.29, 1.82) is 0 Å². The third-order valence-corrected chi connectivity index (χ3v) is 4.15. The van der Waals surface area contributed by atoms with E-state index in [0.717, 1.165) is 5.56 Å². The highest BCUT2D eigenvalue weighted by atomic mass is 35.5. The highest BCUT2D eigenvalue weighted by Crippen LogP contribution is 2.25. The van der Waals surface area contributed by atoms with Crippen molar-refractivity contribution >= 4 is 58.0 Å². The number of anilines is 1. The molecule has 7 heteroatoms. The zero-order valence-electron chi connectivity index (χ0n) is 13.1. The van der Waals surface area contributed by atoms with Crippen molar-refractivity contribution in [1.82, 2.24) is 9.97 Å². The van der Waals surface area contributed by atoms with E-state index in [-0.39, 0.29) is 17.2 Å². The van der Waals surface area contributed by atoms with Crippen LogP contribution in [0.2, 0.25) is 10.0 Å². The van der Waals surface area contributed by atoms with E-state index < -0.39 is 0 Å². The van der Waals surface area contributed by atoms with Crippen molar-refractivity contribution in [3.05, 3.63) is 68.1 Å². The Kier molecular flexibility index (Phi) is 4.88. The maximum atomic E-state index is 12.1. The Morgan fingerprint density at radius 3 is 2.48 bits per heavy atom. The normalized spacial score (nSPS) is 11.2. The van der Waals surface area contributed by atoms with Gasteiger partial charge in [0.1, 0.15) is 5.69 Å². The molecule has 126 valence electrons. The number of halogens is 2. The number of fused-ring (bicyclic) bond motifs is 1. The largest absolute Gasteiger partial charge is 0.326 e. The summed E-state index contributed by atoms with van der Waals surface area (Å²) in [4.78, 5) is 30.2. The lowest BCUT2D eigenvalue weighted by molar-refractivity contribution is -0.114. The minimum atomic E-state index is -0.322. The molecule has 0 atom stereocenters. The van der Waals surface area contributed by atoms with Crippen LogP contribution < -0.4 is 10.9 Å². The van der Waals surface area contributed by atoms with Gasteiger partial charge in [-0.15, -0.1) is 0 Å². The lowest BCUT2D eigenvalue weighted by Crippen LogP contribution is -2.11. The summed E-state index contributed by atoms with van der Waals surface area (Å²) in [6.07, 6.45) is 3.38. The fraction of sp³-hybridized carbons (Fsp3) is 0.0556. The first-order chi connectivity index (χ1) is 11.9. The molecule has 0 bridgehead atoms. The maximum Gasteiger partial charge on any atom is 0.274 e. The Hall–Kier alpha value is -2.63. The van der Waals surface area contributed by atoms with Gasteiger partial charge in [0.25, 0.3) is 5.56 Å². The smallest absolute Gasteiger partial charge is 0.274 e. The van der Waals surface area contributed by atoms with Crippen molar-refractivity contribution in [2.45, 2.75) is 6.92 Å². The molecule has 0 radical (unpaired) electrons. The van der Waals surface area contributed by atoms with Crippen LogP contribution in [0.4, 0.5) is 5.69 Å². The standard InChI is InChI=1S/C18H13Cl2N3O2/c1-10(24)21-12-5-2-11(3-6-12)4-7-15-18(25)23-17-9-14(20)13(19)8-16(17)22-15/h2-9H,1H3,(H,21,24)(H,23,25). The highest BCUT2D eigenvalue weighted by molar-refractivity contribution is 6.42. The number of amides is 1. The van der Waals surface area contributed by atoms with Crippen LogP contribution in [0.15, 0.2) is 41.2 Å². The lowest BCUT2D eigenvalue weighted by atomic mass is 10.2. The summed E-state index contributed by atoms with van der Waals surface area (Å²) in [7, 11) is 0. The molecule has 1 aromatic heterocycles. The first-order valence-corrected chi connectivity index (χ1v) is 8.13. The molecule has 0 aliphatic rings. The summed E-state index contributed by atoms with van der Waals surface area (Å²) in [5.41, 5.74) is 2.59. The predicted octanol–water partition coefficient (Wildman–Crippen LogP) is 4.36. The first-order valence-electron chi connectivity index (χ1n) is 7.37. The first kappa shape index (κ1) is 17.2. The number of nitrogens with one attached hydrogen (secondary N) is 2. The van der Waals surface area contributed by atoms with Gasteiger partial charge in [-0.1, -0.05) is 41.4 Å². The predicted molar refractivity (Wildman–Crippen MR) is 102 cm³/mol. The summed E-state index contributed by atoms with van der Waals surface area (Å²) in [5.74, 6) is -0.131. The summed E-state index contributed by atoms with van der Waals surface area (Å²) in [6, 6.07) is 10.4. The van der Waals surface area contributed by atoms with Crippen molar-refractivity contribution in [2.24, 2.45) is 0 Å². The van der Waals surface area contributed by atoms with Crippen LogP contribution in [0.3, 0.4) is 0 Å². The van der Waals surface area contributed by atoms with Crippen molar-refractivity contribution in [3.8, 4) is 0 Å². The van der Waals surface area contributed by atoms with E-state index >= 15 is 0 Å². The van der Waals surface area contributed by atoms with Gasteiger partial charge in [0.2, 0.25) is 5.91 Å². The van der Waals surface area contributed by atoms with E-state index in [2.05, 4.69) is 15.3 Å². The molecule has 2 aromatic carbocycles. The summed E-state index contributed by atoms with van der Waals surface area (Å²) >= 11 is 11.9. The number of H-pyrrole nitrogens is 1. The van der Waals surface area contributed by atoms with Gasteiger partial charge in [-0.2, -0.15) is 0 Å². The molecule has 0 saturated carbocycles. The molecule has 3 rings (SSSR count). The summed E-state index contributed by atoms with van der Waals surface area (Å²) in [5, 5.41) is 3.42. The lowest BCUT2D eigenvalue weighted by Gasteiger charge is -2.03. The zero-order valence-corrected chi connectivity index (χ0v) is 14.7. The number of hydrogen-bond donors (Lipinski definition) is 2. The van der Waals surface area contributed by atoms with Gasteiger partial charge in [0.15, 0.2) is 0 Å². The monoisotopic (exact) mass is 373 g/mol. The number of rotatable bonds is 3. The van der Waals surface area contributed by atoms with Crippen LogP contribution in [0.25, 0.3) is 23.2 Å². The van der Waals surface area contributed by atoms with E-state index in [1.807, 2.05) is 12.1 Å². The van der Waals surface area contributed by atoms with Crippen LogP contribution >= 0.6 is 23.2 Å². The molecule has 0 unspecified atom stereocenters. The molecule has 0 fully saturated rings. The van der Waals surface area contributed by atoms with Crippen LogP contribution in [-0.4, -0.2) is 15.9 Å². The van der Waals surface area contributed by atoms with E-state index in [1.54, 1.807) is 36.4 Å². The minimum Gasteiger partial charge on any atom is -0.326 e. The van der Waals surface area contributed by atoms with Gasteiger partial charge in [-0.3, -0.25) is 9.59 Å². The summed E-state index contributed by atoms with van der Waals surface area (Å²) in [6.45, 7) is 1.45. The van der Waals surface area contributed by atoms with E-state index in [1.165, 1.54) is 6.92 Å². The Balaban J connectivity index is 1.90. The van der Waals surface area contributed by atoms with Crippen LogP contribution in [0, 0.1) is 0 Å². The van der Waals surface area contributed by atoms with Crippen LogP contribution in [-0.2, 0) is 4.79 Å². The molecular weight excluding hydrogens is 361 g/mol. The van der Waals surface area contributed by atoms with E-state index in [9.17, 15) is 9.59 Å². The highest BCUT2D eigenvalue weighted by Gasteiger charge is 2.06. The van der Waals surface area contributed by atoms with Gasteiger partial charge < -0.3 is 10.3 Å². The molecule has 3 aromatic rings. The molecule has 0 aliphatic heterocycles. The number of aromatic amines is 1. The molecule has 5 nitrogen and oxygen atoms in total. The molecule has 25 heavy (non-hydrogen) atoms. The van der Waals surface area contributed by atoms with Gasteiger partial charge in [-0.25, -0.2) is 4.98 Å². The quantitative estimate of drug-likeness (QED) is 0.715. The fourth-order valence-corrected chi connectivity index (χ4v) is 2.59. The molecular formula is C18H13Cl2N3O2. The van der Waals surface area contributed by atoms with Crippen LogP contribution in [0.1, 0.15) is 18.2 Å². The number of nitrogens with zero attached hydrogens (tertiary/aromatic N) is 1. The van der Waals surface area contributed by atoms with Gasteiger partial charge in [0, 0.05) is 12.6 Å². The minimum absolute atomic E-state index is 0.131. The molecule has 0 aliphatic carbocycles. The SMILES string of the molecule is CC(=O)Nc1ccc(C=Cc2nc3cc(Cl)c(Cl)cc3[nH]c2=O)cc1. The molecule has 2 N–H and O–H groups in total. The van der Waals surface area contributed by atoms with Crippen molar-refractivity contribution < 1.29 is 4.79 Å². The maximum absolute atomic E-state index is 12.1. The number of carbonyl (C=O) groups is 1. The van der Waals surface area contributed by atoms with E-state index in [0.29, 0.717) is 26.8 Å². The van der Waals surface area contributed by atoms with Crippen molar-refractivity contribution in [2.75, 3.05) is 5.32 Å². The molecule has 1 amide bonds. The second kappa shape index (κ2) is 7.09. The Morgan fingerprint density at radius 1 is 1.12 bits per heavy atom. The average Bonchev–Trinajstić information content (AvgIpc) is 2.55. The Bertz CT molecular complexity index is 1040. The zero-order chi connectivity index (χ0) is 18.0. The van der Waals surface area contributed by atoms with Crippen molar-refractivity contribution in [3.63, 3.8) is 0 Å². The number of benzene rings is 2. The molecule has 0 saturated heterocycles. The van der Waals surface area contributed by atoms with Gasteiger partial charge in [0.05, 0.1) is 21.1 Å². The fourth-order valence-electron chi connectivity index (χ4n) is 2.26. The van der Waals surface area contributed by atoms with Gasteiger partial charge >= 0.3 is 0 Å². The third kappa shape index (κ3) is 4.07. The van der Waals surface area contributed by atoms with Crippen LogP contribution in [0.5, 0.6) is 0 Å². The number of hydrogen-bond acceptors (Lipinski definition) is 3. The summed E-state index contributed by atoms with van der Waals surface area (Å²) < 4.78 is 0. The Labute approximate surface area is 153 Å². The Morgan fingerprint density at radius 2 is 1.80 bits per heavy atom. The average molecular weight is 374 g/mol. The third-order valence-electron chi connectivity index (χ3n) is 3.43. The second-order valence-corrected chi connectivity index (χ2v) is 6.19. The molecule has 0 spiro atoms.